The zero-order chi connectivity index (χ0) is 38.7. The number of carbonyl (C=O) groups excluding carboxylic acids is 1. The normalized spacial score (nSPS) is 21.9. The minimum absolute atomic E-state index is 0.00580. The molecule has 1 amide bonds. The highest BCUT2D eigenvalue weighted by molar-refractivity contribution is 6.01. The second-order valence-electron chi connectivity index (χ2n) is 14.8. The molecular formula is C50H49NO6. The number of anilines is 1. The first-order valence-corrected chi connectivity index (χ1v) is 19.9. The van der Waals surface area contributed by atoms with Gasteiger partial charge in [-0.3, -0.25) is 4.79 Å². The topological polar surface area (TPSA) is 66.5 Å². The smallest absolute Gasteiger partial charge is 0.230 e. The van der Waals surface area contributed by atoms with E-state index in [0.29, 0.717) is 45.9 Å². The van der Waals surface area contributed by atoms with Crippen LogP contribution in [0.1, 0.15) is 45.8 Å². The molecule has 2 aliphatic rings. The molecular weight excluding hydrogens is 711 g/mol. The second kappa shape index (κ2) is 19.2. The summed E-state index contributed by atoms with van der Waals surface area (Å²) in [7, 11) is 0. The Morgan fingerprint density at radius 3 is 1.40 bits per heavy atom. The van der Waals surface area contributed by atoms with Crippen molar-refractivity contribution in [3.05, 3.63) is 209 Å². The number of β-lactam (4-membered cyclic amide) rings is 1. The van der Waals surface area contributed by atoms with E-state index in [4.69, 9.17) is 23.7 Å². The minimum Gasteiger partial charge on any atom is -0.374 e. The fraction of sp³-hybridized carbons (Fsp3) is 0.260. The Balaban J connectivity index is 1.09. The van der Waals surface area contributed by atoms with Crippen molar-refractivity contribution >= 4 is 11.6 Å². The number of para-hydroxylation sites is 1. The molecule has 0 radical (unpaired) electrons. The van der Waals surface area contributed by atoms with Crippen molar-refractivity contribution in [2.45, 2.75) is 75.8 Å². The van der Waals surface area contributed by atoms with Gasteiger partial charge in [-0.25, -0.2) is 0 Å². The van der Waals surface area contributed by atoms with Gasteiger partial charge >= 0.3 is 0 Å². The predicted molar refractivity (Wildman–Crippen MR) is 221 cm³/mol. The number of rotatable bonds is 17. The van der Waals surface area contributed by atoms with Crippen LogP contribution in [0, 0.1) is 0 Å². The maximum atomic E-state index is 12.7. The Hall–Kier alpha value is -5.41. The summed E-state index contributed by atoms with van der Waals surface area (Å²) in [5.74, 6) is 0.135. The van der Waals surface area contributed by atoms with Gasteiger partial charge in [0.05, 0.1) is 51.6 Å². The van der Waals surface area contributed by atoms with Crippen molar-refractivity contribution in [2.24, 2.45) is 0 Å². The third-order valence-corrected chi connectivity index (χ3v) is 10.8. The van der Waals surface area contributed by atoms with Crippen LogP contribution in [0.4, 0.5) is 5.69 Å². The maximum absolute atomic E-state index is 12.7. The Kier molecular flexibility index (Phi) is 12.9. The standard InChI is InChI=1S/C50H49NO6/c52-47-31-44(51(47)43-24-14-5-15-25-43)42-28-26-37(27-29-42)30-45-48(54-33-39-18-8-2-9-19-39)50(56-35-41-22-12-4-13-23-41)49(55-34-40-20-10-3-11-21-40)46(57-45)36-53-32-38-16-6-1-7-17-38/h1-29,44-46,48-50H,30-36H2. The number of ether oxygens (including phenoxy) is 5. The molecule has 8 rings (SSSR count). The Labute approximate surface area is 335 Å². The van der Waals surface area contributed by atoms with Gasteiger partial charge in [0.1, 0.15) is 24.4 Å². The van der Waals surface area contributed by atoms with E-state index in [-0.39, 0.29) is 18.1 Å². The summed E-state index contributed by atoms with van der Waals surface area (Å²) in [6, 6.07) is 59.3. The van der Waals surface area contributed by atoms with Crippen molar-refractivity contribution < 1.29 is 28.5 Å². The minimum atomic E-state index is -0.496. The fourth-order valence-corrected chi connectivity index (χ4v) is 7.75. The molecule has 6 aromatic carbocycles. The van der Waals surface area contributed by atoms with Crippen LogP contribution in [0.25, 0.3) is 0 Å². The van der Waals surface area contributed by atoms with Crippen LogP contribution in [0.3, 0.4) is 0 Å². The van der Waals surface area contributed by atoms with E-state index < -0.39 is 24.4 Å². The van der Waals surface area contributed by atoms with Crippen molar-refractivity contribution in [1.29, 1.82) is 0 Å². The van der Waals surface area contributed by atoms with Crippen LogP contribution < -0.4 is 4.90 Å². The molecule has 6 unspecified atom stereocenters. The number of nitrogens with zero attached hydrogens (tertiary/aromatic N) is 1. The van der Waals surface area contributed by atoms with E-state index in [9.17, 15) is 4.79 Å². The summed E-state index contributed by atoms with van der Waals surface area (Å²) in [6.07, 6.45) is -1.21. The molecule has 0 aliphatic carbocycles. The first-order valence-electron chi connectivity index (χ1n) is 19.9. The highest BCUT2D eigenvalue weighted by atomic mass is 16.6. The van der Waals surface area contributed by atoms with Crippen LogP contribution in [0.5, 0.6) is 0 Å². The van der Waals surface area contributed by atoms with Crippen LogP contribution in [0.2, 0.25) is 0 Å². The summed E-state index contributed by atoms with van der Waals surface area (Å²) >= 11 is 0. The molecule has 2 fully saturated rings. The molecule has 2 heterocycles. The van der Waals surface area contributed by atoms with Gasteiger partial charge in [0.25, 0.3) is 0 Å². The van der Waals surface area contributed by atoms with Gasteiger partial charge in [0.15, 0.2) is 0 Å². The summed E-state index contributed by atoms with van der Waals surface area (Å²) < 4.78 is 34.2. The monoisotopic (exact) mass is 759 g/mol. The van der Waals surface area contributed by atoms with Crippen molar-refractivity contribution in [2.75, 3.05) is 11.5 Å². The lowest BCUT2D eigenvalue weighted by atomic mass is 9.89. The summed E-state index contributed by atoms with van der Waals surface area (Å²) in [4.78, 5) is 14.6. The molecule has 7 nitrogen and oxygen atoms in total. The van der Waals surface area contributed by atoms with Gasteiger partial charge in [0.2, 0.25) is 5.91 Å². The quantitative estimate of drug-likeness (QED) is 0.0864. The first-order chi connectivity index (χ1) is 28.2. The third kappa shape index (κ3) is 9.95. The highest BCUT2D eigenvalue weighted by Crippen LogP contribution is 2.39. The van der Waals surface area contributed by atoms with Gasteiger partial charge in [-0.1, -0.05) is 164 Å². The first kappa shape index (κ1) is 38.5. The second-order valence-corrected chi connectivity index (χ2v) is 14.8. The van der Waals surface area contributed by atoms with E-state index in [2.05, 4.69) is 72.8 Å². The zero-order valence-electron chi connectivity index (χ0n) is 32.1. The Morgan fingerprint density at radius 2 is 0.912 bits per heavy atom. The molecule has 6 atom stereocenters. The molecule has 2 aliphatic heterocycles. The summed E-state index contributed by atoms with van der Waals surface area (Å²) in [5, 5.41) is 0. The summed E-state index contributed by atoms with van der Waals surface area (Å²) in [6.45, 7) is 1.92. The SMILES string of the molecule is O=C1CC(c2ccc(CC3OC(COCc4ccccc4)C(OCc4ccccc4)C(OCc4ccccc4)C3OCc3ccccc3)cc2)N1c1ccccc1. The average Bonchev–Trinajstić information content (AvgIpc) is 3.26. The lowest BCUT2D eigenvalue weighted by Crippen LogP contribution is -2.61. The Morgan fingerprint density at radius 1 is 0.474 bits per heavy atom. The highest BCUT2D eigenvalue weighted by Gasteiger charge is 2.48. The molecule has 0 spiro atoms. The van der Waals surface area contributed by atoms with Gasteiger partial charge < -0.3 is 28.6 Å². The largest absolute Gasteiger partial charge is 0.374 e. The molecule has 290 valence electrons. The van der Waals surface area contributed by atoms with E-state index in [1.54, 1.807) is 0 Å². The third-order valence-electron chi connectivity index (χ3n) is 10.8. The van der Waals surface area contributed by atoms with Gasteiger partial charge in [-0.15, -0.1) is 0 Å². The predicted octanol–water partition coefficient (Wildman–Crippen LogP) is 9.45. The zero-order valence-corrected chi connectivity index (χ0v) is 32.1. The van der Waals surface area contributed by atoms with Gasteiger partial charge in [-0.05, 0) is 45.5 Å². The molecule has 0 aromatic heterocycles. The number of hydrogen-bond acceptors (Lipinski definition) is 6. The number of amides is 1. The lowest BCUT2D eigenvalue weighted by molar-refractivity contribution is -0.272. The maximum Gasteiger partial charge on any atom is 0.230 e. The number of hydrogen-bond donors (Lipinski definition) is 0. The molecule has 0 bridgehead atoms. The van der Waals surface area contributed by atoms with Crippen LogP contribution in [-0.2, 0) is 61.3 Å². The van der Waals surface area contributed by atoms with Gasteiger partial charge in [0, 0.05) is 12.1 Å². The van der Waals surface area contributed by atoms with E-state index in [0.717, 1.165) is 39.1 Å². The molecule has 6 aromatic rings. The molecule has 7 heteroatoms. The van der Waals surface area contributed by atoms with E-state index in [1.165, 1.54) is 0 Å². The Bertz CT molecular complexity index is 2100. The van der Waals surface area contributed by atoms with Crippen molar-refractivity contribution in [3.63, 3.8) is 0 Å². The van der Waals surface area contributed by atoms with E-state index >= 15 is 0 Å². The number of carbonyl (C=O) groups is 1. The van der Waals surface area contributed by atoms with Crippen LogP contribution in [-0.4, -0.2) is 43.0 Å². The molecule has 57 heavy (non-hydrogen) atoms. The van der Waals surface area contributed by atoms with Crippen molar-refractivity contribution in [1.82, 2.24) is 0 Å². The average molecular weight is 760 g/mol. The molecule has 0 saturated carbocycles. The lowest BCUT2D eigenvalue weighted by Gasteiger charge is -2.46. The summed E-state index contributed by atoms with van der Waals surface area (Å²) in [5.41, 5.74) is 7.41. The molecule has 0 N–H and O–H groups in total. The van der Waals surface area contributed by atoms with Crippen LogP contribution >= 0.6 is 0 Å². The van der Waals surface area contributed by atoms with Gasteiger partial charge in [-0.2, -0.15) is 0 Å². The molecule has 2 saturated heterocycles. The van der Waals surface area contributed by atoms with Crippen molar-refractivity contribution in [3.8, 4) is 0 Å². The van der Waals surface area contributed by atoms with E-state index in [1.807, 2.05) is 108 Å². The fourth-order valence-electron chi connectivity index (χ4n) is 7.75. The number of benzene rings is 6. The van der Waals surface area contributed by atoms with Crippen LogP contribution in [0.15, 0.2) is 176 Å².